The van der Waals surface area contributed by atoms with Crippen LogP contribution in [0.15, 0.2) is 61.1 Å². The molecule has 4 bridgehead atoms. The highest BCUT2D eigenvalue weighted by Crippen LogP contribution is 2.53. The van der Waals surface area contributed by atoms with Crippen LogP contribution in [0, 0.1) is 19.7 Å². The van der Waals surface area contributed by atoms with Gasteiger partial charge in [0.15, 0.2) is 5.75 Å². The van der Waals surface area contributed by atoms with E-state index in [2.05, 4.69) is 31.8 Å². The Labute approximate surface area is 437 Å². The van der Waals surface area contributed by atoms with Crippen molar-refractivity contribution in [3.63, 3.8) is 0 Å². The van der Waals surface area contributed by atoms with E-state index in [0.717, 1.165) is 57.7 Å². The van der Waals surface area contributed by atoms with Crippen LogP contribution in [-0.4, -0.2) is 138 Å². The molecule has 6 aromatic rings. The number of halogens is 3. The Morgan fingerprint density at radius 3 is 2.41 bits per heavy atom. The van der Waals surface area contributed by atoms with Crippen LogP contribution in [0.4, 0.5) is 4.39 Å². The molecule has 3 fully saturated rings. The second-order valence-electron chi connectivity index (χ2n) is 19.2. The number of fused-ring (bicyclic) bond motifs is 8. The highest BCUT2D eigenvalue weighted by molar-refractivity contribution is 7.22. The van der Waals surface area contributed by atoms with Crippen LogP contribution >= 0.6 is 34.5 Å². The second kappa shape index (κ2) is 23.1. The van der Waals surface area contributed by atoms with E-state index < -0.39 is 17.9 Å². The highest BCUT2D eigenvalue weighted by atomic mass is 35.5. The number of carbonyl (C=O) groups is 1. The summed E-state index contributed by atoms with van der Waals surface area (Å²) in [6.07, 6.45) is 5.35. The van der Waals surface area contributed by atoms with Crippen molar-refractivity contribution in [1.82, 2.24) is 29.7 Å². The monoisotopic (exact) mass is 1060 g/mol. The number of carboxylic acid groups (broad SMARTS) is 1. The molecule has 0 radical (unpaired) electrons. The predicted molar refractivity (Wildman–Crippen MR) is 276 cm³/mol. The summed E-state index contributed by atoms with van der Waals surface area (Å²) in [6.45, 7) is 10.7. The normalized spacial score (nSPS) is 22.2. The van der Waals surface area contributed by atoms with Gasteiger partial charge in [-0.3, -0.25) is 4.90 Å². The number of thiophene rings is 1. The van der Waals surface area contributed by atoms with Crippen LogP contribution in [0.1, 0.15) is 66.2 Å². The summed E-state index contributed by atoms with van der Waals surface area (Å²) in [7, 11) is 2.12. The van der Waals surface area contributed by atoms with Gasteiger partial charge in [-0.25, -0.2) is 29.1 Å². The molecule has 3 aromatic carbocycles. The molecule has 1 saturated carbocycles. The number of likely N-dealkylation sites (N-methyl/N-ethyl adjacent to an activating group) is 1. The summed E-state index contributed by atoms with van der Waals surface area (Å²) in [6, 6.07) is 13.4. The third kappa shape index (κ3) is 11.8. The van der Waals surface area contributed by atoms with E-state index in [1.165, 1.54) is 29.8 Å². The van der Waals surface area contributed by atoms with Crippen molar-refractivity contribution in [2.45, 2.75) is 89.3 Å². The maximum Gasteiger partial charge on any atom is 0.345 e. The van der Waals surface area contributed by atoms with Gasteiger partial charge in [-0.05, 0) is 105 Å². The molecule has 0 spiro atoms. The van der Waals surface area contributed by atoms with E-state index in [9.17, 15) is 14.3 Å². The lowest BCUT2D eigenvalue weighted by Crippen LogP contribution is -2.48. The van der Waals surface area contributed by atoms with Crippen molar-refractivity contribution in [3.05, 3.63) is 105 Å². The minimum atomic E-state index is -1.46. The van der Waals surface area contributed by atoms with Crippen molar-refractivity contribution in [2.24, 2.45) is 0 Å². The second-order valence-corrected chi connectivity index (χ2v) is 21.0. The molecular formula is C54H59Cl2FN6O9S. The van der Waals surface area contributed by atoms with Gasteiger partial charge in [0.2, 0.25) is 12.0 Å². The summed E-state index contributed by atoms with van der Waals surface area (Å²) in [5.41, 5.74) is 4.56. The number of rotatable bonds is 11. The Kier molecular flexibility index (Phi) is 16.2. The zero-order valence-electron chi connectivity index (χ0n) is 41.1. The summed E-state index contributed by atoms with van der Waals surface area (Å²) >= 11 is 16.1. The molecule has 7 heterocycles. The Morgan fingerprint density at radius 1 is 0.890 bits per heavy atom. The minimum absolute atomic E-state index is 0.0247. The molecule has 15 nitrogen and oxygen atoms in total. The molecule has 2 saturated heterocycles. The fourth-order valence-corrected chi connectivity index (χ4v) is 11.8. The molecule has 3 aromatic heterocycles. The molecule has 386 valence electrons. The fourth-order valence-electron chi connectivity index (χ4n) is 10.1. The van der Waals surface area contributed by atoms with E-state index in [4.69, 9.17) is 61.3 Å². The van der Waals surface area contributed by atoms with Gasteiger partial charge in [0.05, 0.1) is 60.3 Å². The van der Waals surface area contributed by atoms with E-state index in [1.54, 1.807) is 30.5 Å². The summed E-state index contributed by atoms with van der Waals surface area (Å²) in [5.74, 6) is 0.670. The first-order chi connectivity index (χ1) is 35.4. The van der Waals surface area contributed by atoms with Gasteiger partial charge >= 0.3 is 5.97 Å². The Balaban J connectivity index is 0.977. The van der Waals surface area contributed by atoms with Crippen molar-refractivity contribution >= 4 is 50.7 Å². The molecule has 5 aliphatic rings. The van der Waals surface area contributed by atoms with Gasteiger partial charge in [-0.15, -0.1) is 11.3 Å². The maximum atomic E-state index is 14.4. The number of aromatic nitrogens is 4. The van der Waals surface area contributed by atoms with Gasteiger partial charge in [0.25, 0.3) is 0 Å². The molecule has 19 heteroatoms. The Morgan fingerprint density at radius 2 is 1.67 bits per heavy atom. The van der Waals surface area contributed by atoms with Gasteiger partial charge < -0.3 is 43.2 Å². The fraction of sp³-hybridized carbons (Fsp3) is 0.463. The van der Waals surface area contributed by atoms with Gasteiger partial charge in [0, 0.05) is 73.7 Å². The molecule has 1 aliphatic carbocycles. The average molecular weight is 1060 g/mol. The number of benzene rings is 3. The van der Waals surface area contributed by atoms with Crippen LogP contribution in [-0.2, 0) is 32.0 Å². The highest BCUT2D eigenvalue weighted by Gasteiger charge is 2.33. The Hall–Kier alpha value is -5.24. The average Bonchev–Trinajstić information content (AvgIpc) is 3.79. The third-order valence-electron chi connectivity index (χ3n) is 14.2. The number of ether oxygens (including phenoxy) is 7. The zero-order chi connectivity index (χ0) is 50.6. The molecule has 0 unspecified atom stereocenters. The topological polar surface area (TPSA) is 160 Å². The Bertz CT molecular complexity index is 2880. The molecule has 11 rings (SSSR count). The third-order valence-corrected chi connectivity index (χ3v) is 16.2. The summed E-state index contributed by atoms with van der Waals surface area (Å²) < 4.78 is 58.3. The quantitative estimate of drug-likeness (QED) is 0.131. The number of nitrogens with zero attached hydrogens (tertiary/aromatic N) is 6. The van der Waals surface area contributed by atoms with Crippen molar-refractivity contribution in [1.29, 1.82) is 0 Å². The largest absolute Gasteiger partial charge is 0.493 e. The van der Waals surface area contributed by atoms with Gasteiger partial charge in [-0.1, -0.05) is 35.3 Å². The number of carboxylic acids is 1. The minimum Gasteiger partial charge on any atom is -0.493 e. The zero-order valence-corrected chi connectivity index (χ0v) is 43.4. The van der Waals surface area contributed by atoms with Gasteiger partial charge in [-0.2, -0.15) is 0 Å². The molecule has 73 heavy (non-hydrogen) atoms. The molecule has 1 N–H and O–H groups in total. The summed E-state index contributed by atoms with van der Waals surface area (Å²) in [5, 5.41) is 12.1. The van der Waals surface area contributed by atoms with Crippen LogP contribution in [0.5, 0.6) is 23.1 Å². The van der Waals surface area contributed by atoms with Gasteiger partial charge in [0.1, 0.15) is 53.1 Å². The van der Waals surface area contributed by atoms with Crippen LogP contribution < -0.4 is 18.9 Å². The molecular weight excluding hydrogens is 999 g/mol. The van der Waals surface area contributed by atoms with Crippen molar-refractivity contribution in [3.8, 4) is 44.7 Å². The molecule has 4 aliphatic heterocycles. The molecule has 3 atom stereocenters. The molecule has 0 amide bonds. The van der Waals surface area contributed by atoms with Crippen molar-refractivity contribution in [2.75, 3.05) is 72.8 Å². The van der Waals surface area contributed by atoms with E-state index in [-0.39, 0.29) is 49.7 Å². The van der Waals surface area contributed by atoms with E-state index in [0.29, 0.717) is 121 Å². The van der Waals surface area contributed by atoms with Crippen LogP contribution in [0.25, 0.3) is 31.8 Å². The number of piperazine rings is 1. The smallest absolute Gasteiger partial charge is 0.345 e. The van der Waals surface area contributed by atoms with Crippen LogP contribution in [0.3, 0.4) is 0 Å². The van der Waals surface area contributed by atoms with Crippen LogP contribution in [0.2, 0.25) is 10.0 Å². The number of hydrogen-bond donors (Lipinski definition) is 1. The number of aliphatic carboxylic acids is 1. The lowest BCUT2D eigenvalue weighted by atomic mass is 9.86. The first-order valence-corrected chi connectivity index (χ1v) is 26.5. The lowest BCUT2D eigenvalue weighted by molar-refractivity contribution is -0.145. The summed E-state index contributed by atoms with van der Waals surface area (Å²) in [4.78, 5) is 38.2. The van der Waals surface area contributed by atoms with Crippen molar-refractivity contribution < 1.29 is 47.4 Å². The first kappa shape index (κ1) is 51.3. The predicted octanol–water partition coefficient (Wildman–Crippen LogP) is 9.77. The maximum absolute atomic E-state index is 14.4. The standard InChI is InChI=1S/C54H59Cl2FN6O9S/c1-31-44-32(2)48(56)49(47(31)55)71-40(26-63-19-17-62(3)18-20-63)15-21-67-39-12-13-42(70-27-37-14-16-58-51(61-37)34-6-10-38(11-7-34)69-29-41-28-66-22-23-68-41)35(24-39)25-43(54(64)65)72-52-46-45(44)50(73-53(46)60-30-59-52)33-4-8-36(57)9-5-33/h4-5,8-9,12-14,16,24,30,34,38,40-41,43H,6-7,10-11,15,17-23,25-29H2,1-3H3,(H,64,65)/t34?,38?,40-,41+,43+/m0/s1. The van der Waals surface area contributed by atoms with E-state index in [1.807, 2.05) is 26.0 Å². The lowest BCUT2D eigenvalue weighted by Gasteiger charge is -2.35. The van der Waals surface area contributed by atoms with E-state index >= 15 is 0 Å². The first-order valence-electron chi connectivity index (χ1n) is 25.0. The number of hydrogen-bond acceptors (Lipinski definition) is 15. The SMILES string of the molecule is Cc1c(Cl)c2c(Cl)c(C)c1-c1c(-c3ccc(F)cc3)sc3ncnc(c13)O[C@@H](C(=O)O)Cc1cc(ccc1OCc1ccnc(C3CCC(OC[C@H]4COCCO4)CC3)n1)OCC[C@@H](CN1CCN(C)CC1)O2.